The third-order valence-electron chi connectivity index (χ3n) is 2.37. The first-order valence-electron chi connectivity index (χ1n) is 6.25. The van der Waals surface area contributed by atoms with Gasteiger partial charge in [0.05, 0.1) is 6.20 Å². The Kier molecular flexibility index (Phi) is 6.97. The quantitative estimate of drug-likeness (QED) is 0.748. The van der Waals surface area contributed by atoms with Crippen LogP contribution in [0, 0.1) is 12.7 Å². The van der Waals surface area contributed by atoms with Crippen LogP contribution in [0.4, 0.5) is 4.39 Å². The van der Waals surface area contributed by atoms with Crippen molar-refractivity contribution in [3.8, 4) is 0 Å². The second-order valence-electron chi connectivity index (χ2n) is 3.80. The van der Waals surface area contributed by atoms with Crippen LogP contribution < -0.4 is 5.30 Å². The van der Waals surface area contributed by atoms with E-state index >= 15 is 0 Å². The summed E-state index contributed by atoms with van der Waals surface area (Å²) in [5.74, 6) is -0.301. The second kappa shape index (κ2) is 8.24. The number of rotatable bonds is 3. The molecule has 1 aromatic heterocycles. The van der Waals surface area contributed by atoms with Crippen LogP contribution in [-0.2, 0) is 6.16 Å². The van der Waals surface area contributed by atoms with Crippen LogP contribution >= 0.6 is 20.2 Å². The first-order valence-corrected chi connectivity index (χ1v) is 7.84. The molecule has 0 saturated carbocycles. The molecule has 1 unspecified atom stereocenters. The van der Waals surface area contributed by atoms with E-state index in [-0.39, 0.29) is 5.82 Å². The number of aryl methyl sites for hydroxylation is 1. The van der Waals surface area contributed by atoms with Crippen molar-refractivity contribution in [1.29, 1.82) is 0 Å². The van der Waals surface area contributed by atoms with Crippen molar-refractivity contribution in [2.45, 2.75) is 26.9 Å². The van der Waals surface area contributed by atoms with Crippen LogP contribution in [-0.4, -0.2) is 4.98 Å². The number of hydrogen-bond donors (Lipinski definition) is 0. The molecular weight excluding hydrogens is 280 g/mol. The van der Waals surface area contributed by atoms with Crippen LogP contribution in [0.2, 0.25) is 5.02 Å². The van der Waals surface area contributed by atoms with Gasteiger partial charge in [0.25, 0.3) is 0 Å². The molecule has 0 aliphatic carbocycles. The summed E-state index contributed by atoms with van der Waals surface area (Å²) in [5.41, 5.74) is 2.05. The van der Waals surface area contributed by atoms with Gasteiger partial charge >= 0.3 is 0 Å². The monoisotopic (exact) mass is 297 g/mol. The topological polar surface area (TPSA) is 12.9 Å². The van der Waals surface area contributed by atoms with E-state index in [4.69, 9.17) is 11.6 Å². The van der Waals surface area contributed by atoms with Crippen LogP contribution in [0.3, 0.4) is 0 Å². The Labute approximate surface area is 121 Å². The third kappa shape index (κ3) is 5.26. The highest BCUT2D eigenvalue weighted by atomic mass is 35.5. The maximum atomic E-state index is 12.7. The fourth-order valence-electron chi connectivity index (χ4n) is 1.46. The largest absolute Gasteiger partial charge is 0.258 e. The van der Waals surface area contributed by atoms with Crippen molar-refractivity contribution < 1.29 is 4.39 Å². The normalized spacial score (nSPS) is 10.4. The number of pyridine rings is 1. The van der Waals surface area contributed by atoms with Crippen LogP contribution in [0.5, 0.6) is 0 Å². The molecule has 0 saturated heterocycles. The lowest BCUT2D eigenvalue weighted by atomic mass is 10.2. The number of hydrogen-bond acceptors (Lipinski definition) is 1. The van der Waals surface area contributed by atoms with Crippen molar-refractivity contribution in [2.75, 3.05) is 0 Å². The number of nitrogens with zero attached hydrogens (tertiary/aromatic N) is 1. The Bertz CT molecular complexity index is 514. The average Bonchev–Trinajstić information content (AvgIpc) is 2.42. The average molecular weight is 298 g/mol. The van der Waals surface area contributed by atoms with Crippen molar-refractivity contribution in [3.05, 3.63) is 58.6 Å². The van der Waals surface area contributed by atoms with Gasteiger partial charge in [0.2, 0.25) is 0 Å². The molecular formula is C15H18ClFNP. The van der Waals surface area contributed by atoms with Crippen molar-refractivity contribution in [3.63, 3.8) is 0 Å². The van der Waals surface area contributed by atoms with Crippen LogP contribution in [0.1, 0.15) is 25.1 Å². The molecule has 1 aromatic carbocycles. The zero-order valence-electron chi connectivity index (χ0n) is 11.4. The Balaban J connectivity index is 0.000000861. The fraction of sp³-hybridized carbons (Fsp3) is 0.267. The Morgan fingerprint density at radius 2 is 1.95 bits per heavy atom. The van der Waals surface area contributed by atoms with Gasteiger partial charge < -0.3 is 0 Å². The number of benzene rings is 1. The fourth-order valence-corrected chi connectivity index (χ4v) is 2.92. The molecule has 0 N–H and O–H groups in total. The minimum atomic E-state index is -0.301. The van der Waals surface area contributed by atoms with Gasteiger partial charge in [-0.15, -0.1) is 0 Å². The third-order valence-corrected chi connectivity index (χ3v) is 4.20. The van der Waals surface area contributed by atoms with E-state index in [9.17, 15) is 4.39 Å². The summed E-state index contributed by atoms with van der Waals surface area (Å²) >= 11 is 6.15. The molecule has 1 atom stereocenters. The first kappa shape index (κ1) is 16.1. The Morgan fingerprint density at radius 1 is 1.21 bits per heavy atom. The van der Waals surface area contributed by atoms with E-state index in [0.29, 0.717) is 8.58 Å². The predicted octanol–water partition coefficient (Wildman–Crippen LogP) is 4.71. The maximum Gasteiger partial charge on any atom is 0.141 e. The van der Waals surface area contributed by atoms with E-state index in [2.05, 4.69) is 4.98 Å². The summed E-state index contributed by atoms with van der Waals surface area (Å²) in [4.78, 5) is 4.03. The maximum absolute atomic E-state index is 12.7. The summed E-state index contributed by atoms with van der Waals surface area (Å²) < 4.78 is 12.7. The van der Waals surface area contributed by atoms with E-state index < -0.39 is 0 Å². The molecule has 0 fully saturated rings. The Hall–Kier alpha value is -0.980. The lowest BCUT2D eigenvalue weighted by Crippen LogP contribution is -1.98. The Morgan fingerprint density at radius 3 is 2.53 bits per heavy atom. The van der Waals surface area contributed by atoms with Gasteiger partial charge in [0, 0.05) is 16.9 Å². The molecule has 0 aliphatic heterocycles. The van der Waals surface area contributed by atoms with Gasteiger partial charge in [0.15, 0.2) is 0 Å². The number of halogens is 2. The van der Waals surface area contributed by atoms with Gasteiger partial charge in [-0.25, -0.2) is 4.39 Å². The van der Waals surface area contributed by atoms with Gasteiger partial charge in [-0.3, -0.25) is 4.98 Å². The van der Waals surface area contributed by atoms with Crippen molar-refractivity contribution >= 4 is 25.5 Å². The second-order valence-corrected chi connectivity index (χ2v) is 5.46. The van der Waals surface area contributed by atoms with Crippen LogP contribution in [0.15, 0.2) is 36.5 Å². The summed E-state index contributed by atoms with van der Waals surface area (Å²) in [6, 6.07) is 9.20. The predicted molar refractivity (Wildman–Crippen MR) is 83.4 cm³/mol. The summed E-state index contributed by atoms with van der Waals surface area (Å²) in [7, 11) is 0.557. The van der Waals surface area contributed by atoms with Crippen LogP contribution in [0.25, 0.3) is 0 Å². The van der Waals surface area contributed by atoms with Gasteiger partial charge in [0.1, 0.15) is 5.82 Å². The lowest BCUT2D eigenvalue weighted by Gasteiger charge is -2.05. The smallest absolute Gasteiger partial charge is 0.141 e. The lowest BCUT2D eigenvalue weighted by molar-refractivity contribution is 0.620. The highest BCUT2D eigenvalue weighted by Crippen LogP contribution is 2.22. The van der Waals surface area contributed by atoms with E-state index in [1.807, 2.05) is 39.0 Å². The molecule has 0 bridgehead atoms. The SMILES string of the molecule is CC.Cc1ccc(PCc2ccc(F)cn2)c(Cl)c1. The van der Waals surface area contributed by atoms with Crippen molar-refractivity contribution in [2.24, 2.45) is 0 Å². The van der Waals surface area contributed by atoms with E-state index in [1.54, 1.807) is 6.07 Å². The minimum Gasteiger partial charge on any atom is -0.258 e. The molecule has 0 aliphatic rings. The molecule has 1 nitrogen and oxygen atoms in total. The summed E-state index contributed by atoms with van der Waals surface area (Å²) in [6.45, 7) is 6.01. The standard InChI is InChI=1S/C13H12ClFNP.C2H6/c1-9-2-5-13(12(14)6-9)17-8-11-4-3-10(15)7-16-11;1-2/h2-7,17H,8H2,1H3;1-2H3. The van der Waals surface area contributed by atoms with E-state index in [0.717, 1.165) is 27.7 Å². The first-order chi connectivity index (χ1) is 9.15. The molecule has 2 rings (SSSR count). The molecule has 1 heterocycles. The summed E-state index contributed by atoms with van der Waals surface area (Å²) in [5, 5.41) is 1.92. The molecule has 0 radical (unpaired) electrons. The van der Waals surface area contributed by atoms with Gasteiger partial charge in [-0.2, -0.15) is 0 Å². The van der Waals surface area contributed by atoms with Crippen molar-refractivity contribution in [1.82, 2.24) is 4.98 Å². The molecule has 0 spiro atoms. The molecule has 19 heavy (non-hydrogen) atoms. The van der Waals surface area contributed by atoms with Gasteiger partial charge in [-0.05, 0) is 36.0 Å². The highest BCUT2D eigenvalue weighted by molar-refractivity contribution is 7.46. The molecule has 4 heteroatoms. The minimum absolute atomic E-state index is 0.301. The zero-order valence-corrected chi connectivity index (χ0v) is 13.1. The molecule has 0 amide bonds. The zero-order chi connectivity index (χ0) is 14.3. The number of aromatic nitrogens is 1. The molecule has 102 valence electrons. The highest BCUT2D eigenvalue weighted by Gasteiger charge is 2.02. The summed E-state index contributed by atoms with van der Waals surface area (Å²) in [6.07, 6.45) is 2.04. The van der Waals surface area contributed by atoms with E-state index in [1.165, 1.54) is 12.3 Å². The molecule has 2 aromatic rings. The van der Waals surface area contributed by atoms with Gasteiger partial charge in [-0.1, -0.05) is 46.2 Å².